The zero-order chi connectivity index (χ0) is 15.1. The molecule has 0 N–H and O–H groups in total. The third kappa shape index (κ3) is 2.48. The standard InChI is InChI=1S/C15H9BrCl2N2O/c1-8-4-9(16)6-20-13(7-21)14(19-15(8)20)11-3-2-10(17)5-12(11)18/h2-7H,1H3. The lowest BCUT2D eigenvalue weighted by Crippen LogP contribution is -1.94. The van der Waals surface area contributed by atoms with Crippen LogP contribution in [0.5, 0.6) is 0 Å². The summed E-state index contributed by atoms with van der Waals surface area (Å²) in [5, 5.41) is 1.00. The molecule has 2 aromatic heterocycles. The number of hydrogen-bond acceptors (Lipinski definition) is 2. The van der Waals surface area contributed by atoms with E-state index in [1.165, 1.54) is 0 Å². The van der Waals surface area contributed by atoms with E-state index in [-0.39, 0.29) is 0 Å². The second-order valence-electron chi connectivity index (χ2n) is 4.62. The lowest BCUT2D eigenvalue weighted by Gasteiger charge is -2.02. The van der Waals surface area contributed by atoms with Crippen LogP contribution < -0.4 is 0 Å². The van der Waals surface area contributed by atoms with E-state index in [1.54, 1.807) is 22.6 Å². The maximum atomic E-state index is 11.5. The van der Waals surface area contributed by atoms with Crippen molar-refractivity contribution in [2.45, 2.75) is 6.92 Å². The quantitative estimate of drug-likeness (QED) is 0.570. The monoisotopic (exact) mass is 382 g/mol. The van der Waals surface area contributed by atoms with Crippen LogP contribution in [0.1, 0.15) is 16.1 Å². The van der Waals surface area contributed by atoms with E-state index in [4.69, 9.17) is 23.2 Å². The first-order valence-electron chi connectivity index (χ1n) is 6.10. The van der Waals surface area contributed by atoms with Crippen LogP contribution in [0, 0.1) is 6.92 Å². The van der Waals surface area contributed by atoms with Crippen LogP contribution in [0.2, 0.25) is 10.0 Å². The molecule has 0 atom stereocenters. The Labute approximate surface area is 139 Å². The fourth-order valence-electron chi connectivity index (χ4n) is 2.28. The van der Waals surface area contributed by atoms with E-state index >= 15 is 0 Å². The fraction of sp³-hybridized carbons (Fsp3) is 0.0667. The predicted molar refractivity (Wildman–Crippen MR) is 88.5 cm³/mol. The zero-order valence-corrected chi connectivity index (χ0v) is 14.0. The number of pyridine rings is 1. The number of rotatable bonds is 2. The Balaban J connectivity index is 2.37. The molecule has 3 nitrogen and oxygen atoms in total. The molecule has 0 aliphatic heterocycles. The van der Waals surface area contributed by atoms with Gasteiger partial charge in [0.2, 0.25) is 0 Å². The van der Waals surface area contributed by atoms with Gasteiger partial charge in [0.05, 0.1) is 5.02 Å². The van der Waals surface area contributed by atoms with Gasteiger partial charge in [-0.3, -0.25) is 9.20 Å². The molecule has 21 heavy (non-hydrogen) atoms. The van der Waals surface area contributed by atoms with Gasteiger partial charge in [-0.15, -0.1) is 0 Å². The van der Waals surface area contributed by atoms with Crippen LogP contribution in [0.25, 0.3) is 16.9 Å². The van der Waals surface area contributed by atoms with Crippen LogP contribution in [0.3, 0.4) is 0 Å². The van der Waals surface area contributed by atoms with Crippen molar-refractivity contribution in [2.24, 2.45) is 0 Å². The van der Waals surface area contributed by atoms with Gasteiger partial charge in [-0.2, -0.15) is 0 Å². The van der Waals surface area contributed by atoms with E-state index < -0.39 is 0 Å². The zero-order valence-electron chi connectivity index (χ0n) is 10.9. The molecule has 0 spiro atoms. The molecular weight excluding hydrogens is 375 g/mol. The fourth-order valence-corrected chi connectivity index (χ4v) is 3.32. The Morgan fingerprint density at radius 2 is 2.05 bits per heavy atom. The first kappa shape index (κ1) is 14.6. The summed E-state index contributed by atoms with van der Waals surface area (Å²) in [6.45, 7) is 1.94. The van der Waals surface area contributed by atoms with Crippen LogP contribution in [-0.2, 0) is 0 Å². The van der Waals surface area contributed by atoms with E-state index in [2.05, 4.69) is 20.9 Å². The summed E-state index contributed by atoms with van der Waals surface area (Å²) in [7, 11) is 0. The van der Waals surface area contributed by atoms with Crippen molar-refractivity contribution < 1.29 is 4.79 Å². The third-order valence-electron chi connectivity index (χ3n) is 3.21. The smallest absolute Gasteiger partial charge is 0.169 e. The molecule has 0 saturated heterocycles. The first-order chi connectivity index (χ1) is 10.0. The van der Waals surface area contributed by atoms with Crippen molar-refractivity contribution in [3.63, 3.8) is 0 Å². The van der Waals surface area contributed by atoms with Crippen LogP contribution in [0.4, 0.5) is 0 Å². The molecule has 3 rings (SSSR count). The Bertz CT molecular complexity index is 874. The number of nitrogens with zero attached hydrogens (tertiary/aromatic N) is 2. The maximum absolute atomic E-state index is 11.5. The van der Waals surface area contributed by atoms with Gasteiger partial charge < -0.3 is 0 Å². The van der Waals surface area contributed by atoms with Gasteiger partial charge in [-0.05, 0) is 52.7 Å². The molecule has 0 saturated carbocycles. The van der Waals surface area contributed by atoms with Gasteiger partial charge in [0.15, 0.2) is 6.29 Å². The third-order valence-corrected chi connectivity index (χ3v) is 4.19. The molecule has 6 heteroatoms. The minimum Gasteiger partial charge on any atom is -0.296 e. The van der Waals surface area contributed by atoms with Crippen LogP contribution >= 0.6 is 39.1 Å². The average molecular weight is 384 g/mol. The molecule has 2 heterocycles. The van der Waals surface area contributed by atoms with Crippen LogP contribution in [-0.4, -0.2) is 15.7 Å². The highest BCUT2D eigenvalue weighted by Crippen LogP contribution is 2.33. The summed E-state index contributed by atoms with van der Waals surface area (Å²) < 4.78 is 2.63. The second kappa shape index (κ2) is 5.44. The summed E-state index contributed by atoms with van der Waals surface area (Å²) in [5.74, 6) is 0. The van der Waals surface area contributed by atoms with Crippen molar-refractivity contribution in [1.29, 1.82) is 0 Å². The van der Waals surface area contributed by atoms with Gasteiger partial charge in [0.25, 0.3) is 0 Å². The molecule has 0 radical (unpaired) electrons. The topological polar surface area (TPSA) is 34.4 Å². The summed E-state index contributed by atoms with van der Waals surface area (Å²) in [6.07, 6.45) is 2.60. The van der Waals surface area contributed by atoms with Gasteiger partial charge in [0.1, 0.15) is 17.0 Å². The minimum atomic E-state index is 0.457. The van der Waals surface area contributed by atoms with Gasteiger partial charge in [-0.25, -0.2) is 4.98 Å². The molecule has 0 fully saturated rings. The second-order valence-corrected chi connectivity index (χ2v) is 6.38. The van der Waals surface area contributed by atoms with Crippen molar-refractivity contribution >= 4 is 51.1 Å². The number of fused-ring (bicyclic) bond motifs is 1. The normalized spacial score (nSPS) is 11.0. The predicted octanol–water partition coefficient (Wildman–Crippen LogP) is 5.19. The largest absolute Gasteiger partial charge is 0.296 e. The van der Waals surface area contributed by atoms with Crippen molar-refractivity contribution in [1.82, 2.24) is 9.38 Å². The maximum Gasteiger partial charge on any atom is 0.169 e. The number of imidazole rings is 1. The number of aryl methyl sites for hydroxylation is 1. The average Bonchev–Trinajstić information content (AvgIpc) is 2.77. The lowest BCUT2D eigenvalue weighted by atomic mass is 10.1. The van der Waals surface area contributed by atoms with E-state index in [1.807, 2.05) is 19.2 Å². The highest BCUT2D eigenvalue weighted by atomic mass is 79.9. The molecule has 1 aromatic carbocycles. The highest BCUT2D eigenvalue weighted by molar-refractivity contribution is 9.10. The summed E-state index contributed by atoms with van der Waals surface area (Å²) in [4.78, 5) is 16.1. The number of carbonyl (C=O) groups is 1. The first-order valence-corrected chi connectivity index (χ1v) is 7.65. The summed E-state index contributed by atoms with van der Waals surface area (Å²) in [5.41, 5.74) is 3.37. The molecule has 106 valence electrons. The number of halogens is 3. The Kier molecular flexibility index (Phi) is 3.78. The molecule has 0 aliphatic carbocycles. The number of aldehydes is 1. The van der Waals surface area contributed by atoms with Crippen molar-refractivity contribution in [3.8, 4) is 11.3 Å². The van der Waals surface area contributed by atoms with E-state index in [9.17, 15) is 4.79 Å². The van der Waals surface area contributed by atoms with E-state index in [0.29, 0.717) is 27.0 Å². The van der Waals surface area contributed by atoms with Crippen LogP contribution in [0.15, 0.2) is 34.9 Å². The number of carbonyl (C=O) groups excluding carboxylic acids is 1. The lowest BCUT2D eigenvalue weighted by molar-refractivity contribution is 0.111. The Morgan fingerprint density at radius 1 is 1.29 bits per heavy atom. The van der Waals surface area contributed by atoms with Gasteiger partial charge in [0, 0.05) is 21.3 Å². The highest BCUT2D eigenvalue weighted by Gasteiger charge is 2.17. The molecule has 0 amide bonds. The molecular formula is C15H9BrCl2N2O. The van der Waals surface area contributed by atoms with Crippen molar-refractivity contribution in [2.75, 3.05) is 0 Å². The number of hydrogen-bond donors (Lipinski definition) is 0. The number of benzene rings is 1. The Hall–Kier alpha value is -1.36. The van der Waals surface area contributed by atoms with Gasteiger partial charge >= 0.3 is 0 Å². The molecule has 0 bridgehead atoms. The summed E-state index contributed by atoms with van der Waals surface area (Å²) in [6, 6.07) is 7.08. The SMILES string of the molecule is Cc1cc(Br)cn2c(C=O)c(-c3ccc(Cl)cc3Cl)nc12. The minimum absolute atomic E-state index is 0.457. The van der Waals surface area contributed by atoms with Gasteiger partial charge in [-0.1, -0.05) is 23.2 Å². The summed E-state index contributed by atoms with van der Waals surface area (Å²) >= 11 is 15.6. The number of aromatic nitrogens is 2. The Morgan fingerprint density at radius 3 is 2.71 bits per heavy atom. The van der Waals surface area contributed by atoms with E-state index in [0.717, 1.165) is 22.0 Å². The molecule has 3 aromatic rings. The molecule has 0 aliphatic rings. The van der Waals surface area contributed by atoms with Crippen molar-refractivity contribution in [3.05, 3.63) is 56.2 Å². The molecule has 0 unspecified atom stereocenters.